The lowest BCUT2D eigenvalue weighted by atomic mass is 9.94. The lowest BCUT2D eigenvalue weighted by Crippen LogP contribution is -2.40. The van der Waals surface area contributed by atoms with Crippen molar-refractivity contribution in [1.29, 1.82) is 0 Å². The number of piperidine rings is 1. The Bertz CT molecular complexity index is 483. The van der Waals surface area contributed by atoms with Crippen LogP contribution in [0.4, 0.5) is 10.1 Å². The number of nitrogens with one attached hydrogen (secondary N) is 1. The normalized spacial score (nSPS) is 17.9. The number of hydrogen-bond donors (Lipinski definition) is 2. The van der Waals surface area contributed by atoms with Crippen molar-refractivity contribution in [2.24, 2.45) is 5.92 Å². The average Bonchev–Trinajstić information content (AvgIpc) is 2.46. The molecule has 1 aliphatic rings. The highest BCUT2D eigenvalue weighted by Gasteiger charge is 2.26. The maximum atomic E-state index is 13.3. The Morgan fingerprint density at radius 2 is 2.10 bits per heavy atom. The first-order chi connectivity index (χ1) is 9.52. The number of carbonyl (C=O) groups excluding carboxylic acids is 1. The Hall–Kier alpha value is -1.62. The highest BCUT2D eigenvalue weighted by Crippen LogP contribution is 2.30. The van der Waals surface area contributed by atoms with Gasteiger partial charge in [0.05, 0.1) is 6.10 Å². The number of amides is 1. The number of anilines is 1. The summed E-state index contributed by atoms with van der Waals surface area (Å²) in [6, 6.07) is 4.49. The van der Waals surface area contributed by atoms with Crippen molar-refractivity contribution < 1.29 is 14.3 Å². The van der Waals surface area contributed by atoms with E-state index >= 15 is 0 Å². The third kappa shape index (κ3) is 3.10. The molecule has 1 aliphatic heterocycles. The van der Waals surface area contributed by atoms with Crippen LogP contribution in [0.1, 0.15) is 31.4 Å². The number of aliphatic hydroxyl groups is 1. The fourth-order valence-electron chi connectivity index (χ4n) is 2.73. The van der Waals surface area contributed by atoms with E-state index in [0.29, 0.717) is 5.56 Å². The maximum absolute atomic E-state index is 13.3. The lowest BCUT2D eigenvalue weighted by Gasteiger charge is -2.34. The highest BCUT2D eigenvalue weighted by atomic mass is 19.1. The van der Waals surface area contributed by atoms with E-state index in [-0.39, 0.29) is 17.6 Å². The van der Waals surface area contributed by atoms with Crippen molar-refractivity contribution in [1.82, 2.24) is 5.32 Å². The fraction of sp³-hybridized carbons (Fsp3) is 0.533. The molecule has 0 saturated carbocycles. The van der Waals surface area contributed by atoms with E-state index < -0.39 is 6.10 Å². The number of carbonyl (C=O) groups is 1. The molecule has 0 aliphatic carbocycles. The van der Waals surface area contributed by atoms with Gasteiger partial charge in [-0.1, -0.05) is 0 Å². The van der Waals surface area contributed by atoms with Gasteiger partial charge in [0.2, 0.25) is 5.91 Å². The molecule has 4 nitrogen and oxygen atoms in total. The molecule has 1 aromatic rings. The molecule has 1 heterocycles. The molecule has 1 saturated heterocycles. The first-order valence-corrected chi connectivity index (χ1v) is 6.97. The molecule has 2 rings (SSSR count). The maximum Gasteiger partial charge on any atom is 0.222 e. The van der Waals surface area contributed by atoms with Crippen molar-refractivity contribution in [2.75, 3.05) is 25.0 Å². The molecule has 5 heteroatoms. The number of benzene rings is 1. The summed E-state index contributed by atoms with van der Waals surface area (Å²) < 4.78 is 13.3. The van der Waals surface area contributed by atoms with Gasteiger partial charge in [0.15, 0.2) is 0 Å². The first-order valence-electron chi connectivity index (χ1n) is 6.97. The molecule has 20 heavy (non-hydrogen) atoms. The standard InChI is InChI=1S/C15H21FN2O2/c1-10(19)13-9-12(16)3-4-14(13)18-7-5-11(6-8-18)15(20)17-2/h3-4,9-11,19H,5-8H2,1-2H3,(H,17,20)/t10-/m0/s1. The van der Waals surface area contributed by atoms with E-state index in [4.69, 9.17) is 0 Å². The molecule has 1 amide bonds. The first kappa shape index (κ1) is 14.8. The summed E-state index contributed by atoms with van der Waals surface area (Å²) in [4.78, 5) is 13.7. The van der Waals surface area contributed by atoms with Gasteiger partial charge < -0.3 is 15.3 Å². The van der Waals surface area contributed by atoms with Gasteiger partial charge in [0, 0.05) is 37.3 Å². The molecule has 1 fully saturated rings. The largest absolute Gasteiger partial charge is 0.389 e. The van der Waals surface area contributed by atoms with E-state index in [0.717, 1.165) is 31.6 Å². The van der Waals surface area contributed by atoms with Crippen molar-refractivity contribution in [2.45, 2.75) is 25.9 Å². The SMILES string of the molecule is CNC(=O)C1CCN(c2ccc(F)cc2[C@H](C)O)CC1. The molecule has 110 valence electrons. The molecule has 1 atom stereocenters. The van der Waals surface area contributed by atoms with E-state index in [2.05, 4.69) is 10.2 Å². The predicted octanol–water partition coefficient (Wildman–Crippen LogP) is 1.84. The Labute approximate surface area is 118 Å². The molecule has 0 aromatic heterocycles. The van der Waals surface area contributed by atoms with Crippen LogP contribution in [-0.2, 0) is 4.79 Å². The van der Waals surface area contributed by atoms with Gasteiger partial charge in [0.25, 0.3) is 0 Å². The summed E-state index contributed by atoms with van der Waals surface area (Å²) in [6.45, 7) is 3.11. The minimum absolute atomic E-state index is 0.0479. The summed E-state index contributed by atoms with van der Waals surface area (Å²) in [5.41, 5.74) is 1.46. The van der Waals surface area contributed by atoms with Crippen molar-refractivity contribution in [3.63, 3.8) is 0 Å². The number of nitrogens with zero attached hydrogens (tertiary/aromatic N) is 1. The second-order valence-corrected chi connectivity index (χ2v) is 5.25. The van der Waals surface area contributed by atoms with Crippen LogP contribution in [0, 0.1) is 11.7 Å². The Balaban J connectivity index is 2.13. The number of hydrogen-bond acceptors (Lipinski definition) is 3. The molecule has 2 N–H and O–H groups in total. The van der Waals surface area contributed by atoms with Gasteiger partial charge in [-0.25, -0.2) is 4.39 Å². The molecule has 0 radical (unpaired) electrons. The third-order valence-electron chi connectivity index (χ3n) is 3.89. The summed E-state index contributed by atoms with van der Waals surface area (Å²) >= 11 is 0. The van der Waals surface area contributed by atoms with Crippen LogP contribution < -0.4 is 10.2 Å². The zero-order chi connectivity index (χ0) is 14.7. The molecule has 0 unspecified atom stereocenters. The lowest BCUT2D eigenvalue weighted by molar-refractivity contribution is -0.125. The van der Waals surface area contributed by atoms with Gasteiger partial charge in [-0.2, -0.15) is 0 Å². The molecule has 0 spiro atoms. The Morgan fingerprint density at radius 3 is 2.65 bits per heavy atom. The second-order valence-electron chi connectivity index (χ2n) is 5.25. The average molecular weight is 280 g/mol. The highest BCUT2D eigenvalue weighted by molar-refractivity contribution is 5.78. The van der Waals surface area contributed by atoms with Gasteiger partial charge in [-0.15, -0.1) is 0 Å². The van der Waals surface area contributed by atoms with E-state index in [9.17, 15) is 14.3 Å². The van der Waals surface area contributed by atoms with Gasteiger partial charge in [0.1, 0.15) is 5.82 Å². The second kappa shape index (κ2) is 6.22. The molecular weight excluding hydrogens is 259 g/mol. The van der Waals surface area contributed by atoms with Crippen LogP contribution in [0.25, 0.3) is 0 Å². The third-order valence-corrected chi connectivity index (χ3v) is 3.89. The van der Waals surface area contributed by atoms with Crippen LogP contribution in [0.5, 0.6) is 0 Å². The van der Waals surface area contributed by atoms with E-state index in [1.54, 1.807) is 20.0 Å². The van der Waals surface area contributed by atoms with E-state index in [1.807, 2.05) is 0 Å². The molecule has 0 bridgehead atoms. The van der Waals surface area contributed by atoms with Gasteiger partial charge >= 0.3 is 0 Å². The van der Waals surface area contributed by atoms with Crippen LogP contribution in [0.15, 0.2) is 18.2 Å². The summed E-state index contributed by atoms with van der Waals surface area (Å²) in [5, 5.41) is 12.5. The van der Waals surface area contributed by atoms with Crippen LogP contribution in [-0.4, -0.2) is 31.2 Å². The van der Waals surface area contributed by atoms with Gasteiger partial charge in [-0.3, -0.25) is 4.79 Å². The predicted molar refractivity (Wildman–Crippen MR) is 76.0 cm³/mol. The Kier molecular flexibility index (Phi) is 4.60. The van der Waals surface area contributed by atoms with Gasteiger partial charge in [-0.05, 0) is 38.0 Å². The molecular formula is C15H21FN2O2. The minimum atomic E-state index is -0.711. The summed E-state index contributed by atoms with van der Waals surface area (Å²) in [7, 11) is 1.65. The van der Waals surface area contributed by atoms with Crippen LogP contribution >= 0.6 is 0 Å². The minimum Gasteiger partial charge on any atom is -0.389 e. The van der Waals surface area contributed by atoms with Crippen molar-refractivity contribution in [3.8, 4) is 0 Å². The van der Waals surface area contributed by atoms with Crippen molar-refractivity contribution >= 4 is 11.6 Å². The zero-order valence-corrected chi connectivity index (χ0v) is 11.9. The van der Waals surface area contributed by atoms with E-state index in [1.165, 1.54) is 12.1 Å². The van der Waals surface area contributed by atoms with Crippen molar-refractivity contribution in [3.05, 3.63) is 29.6 Å². The summed E-state index contributed by atoms with van der Waals surface area (Å²) in [6.07, 6.45) is 0.837. The molecule has 1 aromatic carbocycles. The topological polar surface area (TPSA) is 52.6 Å². The smallest absolute Gasteiger partial charge is 0.222 e. The fourth-order valence-corrected chi connectivity index (χ4v) is 2.73. The van der Waals surface area contributed by atoms with Crippen LogP contribution in [0.2, 0.25) is 0 Å². The monoisotopic (exact) mass is 280 g/mol. The number of halogens is 1. The zero-order valence-electron chi connectivity index (χ0n) is 11.9. The number of aliphatic hydroxyl groups excluding tert-OH is 1. The quantitative estimate of drug-likeness (QED) is 0.888. The Morgan fingerprint density at radius 1 is 1.45 bits per heavy atom. The summed E-state index contributed by atoms with van der Waals surface area (Å²) in [5.74, 6) is -0.212. The number of rotatable bonds is 3. The van der Waals surface area contributed by atoms with Crippen LogP contribution in [0.3, 0.4) is 0 Å².